The van der Waals surface area contributed by atoms with Gasteiger partial charge in [0.05, 0.1) is 10.7 Å². The Bertz CT molecular complexity index is 848. The van der Waals surface area contributed by atoms with Crippen molar-refractivity contribution in [3.05, 3.63) is 58.6 Å². The van der Waals surface area contributed by atoms with Gasteiger partial charge in [-0.05, 0) is 30.3 Å². The average Bonchev–Trinajstić information content (AvgIpc) is 2.42. The van der Waals surface area contributed by atoms with Gasteiger partial charge in [0.2, 0.25) is 0 Å². The second-order valence-corrected chi connectivity index (χ2v) is 6.02. The standard InChI is InChI=1S/C13H7ClF2N2O2S/c14-10-6-8(4-5-12(10)16)18-21(19,20)13-3-1-2-11(15)9(13)7-17/h1-6,18H. The zero-order valence-electron chi connectivity index (χ0n) is 10.3. The topological polar surface area (TPSA) is 70.0 Å². The van der Waals surface area contributed by atoms with Crippen molar-refractivity contribution in [1.82, 2.24) is 0 Å². The Morgan fingerprint density at radius 3 is 2.48 bits per heavy atom. The van der Waals surface area contributed by atoms with E-state index in [0.29, 0.717) is 0 Å². The summed E-state index contributed by atoms with van der Waals surface area (Å²) in [5.74, 6) is -1.65. The summed E-state index contributed by atoms with van der Waals surface area (Å²) in [6.07, 6.45) is 0. The van der Waals surface area contributed by atoms with Crippen LogP contribution in [0.1, 0.15) is 5.56 Å². The highest BCUT2D eigenvalue weighted by Crippen LogP contribution is 2.24. The minimum atomic E-state index is -4.20. The molecule has 0 aliphatic rings. The van der Waals surface area contributed by atoms with Crippen LogP contribution in [-0.2, 0) is 10.0 Å². The summed E-state index contributed by atoms with van der Waals surface area (Å²) in [7, 11) is -4.20. The third kappa shape index (κ3) is 3.12. The lowest BCUT2D eigenvalue weighted by Gasteiger charge is -2.10. The molecule has 0 amide bonds. The Morgan fingerprint density at radius 2 is 1.86 bits per heavy atom. The van der Waals surface area contributed by atoms with Crippen LogP contribution >= 0.6 is 11.6 Å². The van der Waals surface area contributed by atoms with E-state index >= 15 is 0 Å². The third-order valence-electron chi connectivity index (χ3n) is 2.55. The Balaban J connectivity index is 2.46. The molecule has 0 spiro atoms. The van der Waals surface area contributed by atoms with E-state index in [9.17, 15) is 17.2 Å². The maximum absolute atomic E-state index is 13.5. The van der Waals surface area contributed by atoms with Gasteiger partial charge in [0.15, 0.2) is 0 Å². The number of nitrogens with one attached hydrogen (secondary N) is 1. The highest BCUT2D eigenvalue weighted by molar-refractivity contribution is 7.92. The molecule has 0 saturated carbocycles. The maximum atomic E-state index is 13.5. The quantitative estimate of drug-likeness (QED) is 0.939. The maximum Gasteiger partial charge on any atom is 0.263 e. The number of halogens is 3. The first kappa shape index (κ1) is 15.2. The summed E-state index contributed by atoms with van der Waals surface area (Å²) >= 11 is 5.55. The predicted molar refractivity (Wildman–Crippen MR) is 73.3 cm³/mol. The zero-order chi connectivity index (χ0) is 15.6. The van der Waals surface area contributed by atoms with Gasteiger partial charge in [0.25, 0.3) is 10.0 Å². The number of rotatable bonds is 3. The predicted octanol–water partition coefficient (Wildman–Crippen LogP) is 3.29. The lowest BCUT2D eigenvalue weighted by atomic mass is 10.2. The van der Waals surface area contributed by atoms with E-state index in [1.54, 1.807) is 0 Å². The van der Waals surface area contributed by atoms with E-state index in [0.717, 1.165) is 30.3 Å². The van der Waals surface area contributed by atoms with Crippen LogP contribution in [0, 0.1) is 23.0 Å². The fraction of sp³-hybridized carbons (Fsp3) is 0. The molecular weight excluding hydrogens is 322 g/mol. The minimum absolute atomic E-state index is 0.00505. The smallest absolute Gasteiger partial charge is 0.263 e. The first-order valence-electron chi connectivity index (χ1n) is 5.51. The monoisotopic (exact) mass is 328 g/mol. The molecule has 0 fully saturated rings. The van der Waals surface area contributed by atoms with E-state index < -0.39 is 32.1 Å². The van der Waals surface area contributed by atoms with Gasteiger partial charge < -0.3 is 0 Å². The molecule has 1 N–H and O–H groups in total. The van der Waals surface area contributed by atoms with Crippen LogP contribution in [0.4, 0.5) is 14.5 Å². The normalized spacial score (nSPS) is 11.0. The molecule has 0 heterocycles. The van der Waals surface area contributed by atoms with Crippen molar-refractivity contribution in [3.63, 3.8) is 0 Å². The molecule has 2 rings (SSSR count). The van der Waals surface area contributed by atoms with Crippen molar-refractivity contribution in [2.75, 3.05) is 4.72 Å². The molecule has 0 saturated heterocycles. The Labute approximate surface area is 124 Å². The molecule has 0 aromatic heterocycles. The first-order chi connectivity index (χ1) is 9.85. The zero-order valence-corrected chi connectivity index (χ0v) is 11.8. The highest BCUT2D eigenvalue weighted by atomic mass is 35.5. The number of nitriles is 1. The molecule has 2 aromatic rings. The van der Waals surface area contributed by atoms with E-state index in [1.807, 2.05) is 0 Å². The Morgan fingerprint density at radius 1 is 1.14 bits per heavy atom. The summed E-state index contributed by atoms with van der Waals surface area (Å²) in [5.41, 5.74) is -0.604. The van der Waals surface area contributed by atoms with Gasteiger partial charge in [-0.3, -0.25) is 4.72 Å². The number of benzene rings is 2. The molecular formula is C13H7ClF2N2O2S. The van der Waals surface area contributed by atoms with Crippen LogP contribution in [0.15, 0.2) is 41.3 Å². The summed E-state index contributed by atoms with van der Waals surface area (Å²) in [5, 5.41) is 8.59. The van der Waals surface area contributed by atoms with Crippen molar-refractivity contribution in [2.45, 2.75) is 4.90 Å². The second kappa shape index (κ2) is 5.68. The lowest BCUT2D eigenvalue weighted by Crippen LogP contribution is -2.15. The molecule has 0 radical (unpaired) electrons. The SMILES string of the molecule is N#Cc1c(F)cccc1S(=O)(=O)Nc1ccc(F)c(Cl)c1. The number of anilines is 1. The van der Waals surface area contributed by atoms with Crippen LogP contribution in [0.25, 0.3) is 0 Å². The highest BCUT2D eigenvalue weighted by Gasteiger charge is 2.21. The van der Waals surface area contributed by atoms with Gasteiger partial charge in [-0.2, -0.15) is 5.26 Å². The van der Waals surface area contributed by atoms with Gasteiger partial charge in [0.1, 0.15) is 28.2 Å². The van der Waals surface area contributed by atoms with Crippen LogP contribution in [0.3, 0.4) is 0 Å². The van der Waals surface area contributed by atoms with Crippen LogP contribution in [-0.4, -0.2) is 8.42 Å². The van der Waals surface area contributed by atoms with Crippen molar-refractivity contribution < 1.29 is 17.2 Å². The molecule has 8 heteroatoms. The van der Waals surface area contributed by atoms with Gasteiger partial charge in [-0.15, -0.1) is 0 Å². The molecule has 2 aromatic carbocycles. The number of sulfonamides is 1. The Kier molecular flexibility index (Phi) is 4.11. The molecule has 0 atom stereocenters. The second-order valence-electron chi connectivity index (χ2n) is 3.96. The number of hydrogen-bond donors (Lipinski definition) is 1. The molecule has 4 nitrogen and oxygen atoms in total. The van der Waals surface area contributed by atoms with Crippen molar-refractivity contribution in [3.8, 4) is 6.07 Å². The van der Waals surface area contributed by atoms with Gasteiger partial charge in [0, 0.05) is 0 Å². The largest absolute Gasteiger partial charge is 0.280 e. The van der Waals surface area contributed by atoms with Crippen molar-refractivity contribution in [2.24, 2.45) is 0 Å². The first-order valence-corrected chi connectivity index (χ1v) is 7.38. The summed E-state index contributed by atoms with van der Waals surface area (Å²) in [6.45, 7) is 0. The summed E-state index contributed by atoms with van der Waals surface area (Å²) in [4.78, 5) is -0.509. The molecule has 0 aliphatic heterocycles. The summed E-state index contributed by atoms with van der Waals surface area (Å²) in [6, 6.07) is 7.95. The molecule has 0 unspecified atom stereocenters. The lowest BCUT2D eigenvalue weighted by molar-refractivity contribution is 0.593. The van der Waals surface area contributed by atoms with E-state index in [-0.39, 0.29) is 10.7 Å². The fourth-order valence-corrected chi connectivity index (χ4v) is 3.00. The fourth-order valence-electron chi connectivity index (χ4n) is 1.61. The van der Waals surface area contributed by atoms with Crippen LogP contribution < -0.4 is 4.72 Å². The third-order valence-corrected chi connectivity index (χ3v) is 4.26. The minimum Gasteiger partial charge on any atom is -0.280 e. The molecule has 21 heavy (non-hydrogen) atoms. The van der Waals surface area contributed by atoms with Gasteiger partial charge in [-0.25, -0.2) is 17.2 Å². The van der Waals surface area contributed by atoms with Crippen molar-refractivity contribution >= 4 is 27.3 Å². The summed E-state index contributed by atoms with van der Waals surface area (Å²) < 4.78 is 52.9. The van der Waals surface area contributed by atoms with Gasteiger partial charge in [-0.1, -0.05) is 17.7 Å². The van der Waals surface area contributed by atoms with Crippen molar-refractivity contribution in [1.29, 1.82) is 5.26 Å². The van der Waals surface area contributed by atoms with E-state index in [2.05, 4.69) is 4.72 Å². The van der Waals surface area contributed by atoms with E-state index in [4.69, 9.17) is 16.9 Å². The van der Waals surface area contributed by atoms with Gasteiger partial charge >= 0.3 is 0 Å². The van der Waals surface area contributed by atoms with Crippen LogP contribution in [0.2, 0.25) is 5.02 Å². The number of nitrogens with zero attached hydrogens (tertiary/aromatic N) is 1. The average molecular weight is 329 g/mol. The Hall–Kier alpha value is -2.17. The molecule has 0 aliphatic carbocycles. The molecule has 108 valence electrons. The van der Waals surface area contributed by atoms with E-state index in [1.165, 1.54) is 12.1 Å². The number of hydrogen-bond acceptors (Lipinski definition) is 3. The molecule has 0 bridgehead atoms. The van der Waals surface area contributed by atoms with Crippen LogP contribution in [0.5, 0.6) is 0 Å².